The first-order valence-corrected chi connectivity index (χ1v) is 11.8. The second-order valence-electron chi connectivity index (χ2n) is 9.79. The summed E-state index contributed by atoms with van der Waals surface area (Å²) < 4.78 is 0. The third-order valence-corrected chi connectivity index (χ3v) is 7.69. The van der Waals surface area contributed by atoms with E-state index in [9.17, 15) is 0 Å². The topological polar surface area (TPSA) is 3.24 Å². The van der Waals surface area contributed by atoms with Gasteiger partial charge in [-0.1, -0.05) is 122 Å². The smallest absolute Gasteiger partial charge is 0.246 e. The number of fused-ring (bicyclic) bond motifs is 6. The Bertz CT molecular complexity index is 1550. The van der Waals surface area contributed by atoms with Crippen LogP contribution in [0.1, 0.15) is 25.0 Å². The highest BCUT2D eigenvalue weighted by molar-refractivity contribution is 6.98. The molecule has 2 aliphatic heterocycles. The van der Waals surface area contributed by atoms with Crippen LogP contribution in [0.25, 0.3) is 10.8 Å². The third kappa shape index (κ3) is 2.44. The zero-order valence-electron chi connectivity index (χ0n) is 18.9. The molecule has 7 rings (SSSR count). The summed E-state index contributed by atoms with van der Waals surface area (Å²) in [4.78, 5) is 2.56. The molecule has 2 heterocycles. The van der Waals surface area contributed by atoms with Gasteiger partial charge in [0, 0.05) is 22.2 Å². The predicted molar refractivity (Wildman–Crippen MR) is 142 cm³/mol. The van der Waals surface area contributed by atoms with Gasteiger partial charge in [-0.3, -0.25) is 0 Å². The van der Waals surface area contributed by atoms with Crippen LogP contribution in [0.5, 0.6) is 0 Å². The maximum atomic E-state index is 2.56. The van der Waals surface area contributed by atoms with Gasteiger partial charge in [-0.2, -0.15) is 0 Å². The molecule has 33 heavy (non-hydrogen) atoms. The number of nitrogens with zero attached hydrogens (tertiary/aromatic N) is 1. The fraction of sp³-hybridized carbons (Fsp3) is 0.0968. The highest BCUT2D eigenvalue weighted by Crippen LogP contribution is 2.54. The molecule has 0 amide bonds. The van der Waals surface area contributed by atoms with Crippen molar-refractivity contribution in [3.05, 3.63) is 120 Å². The number of hydrogen-bond donors (Lipinski definition) is 0. The lowest BCUT2D eigenvalue weighted by Crippen LogP contribution is -2.58. The molecule has 1 nitrogen and oxygen atoms in total. The fourth-order valence-electron chi connectivity index (χ4n) is 6.15. The molecule has 0 saturated carbocycles. The fourth-order valence-corrected chi connectivity index (χ4v) is 6.15. The first-order valence-electron chi connectivity index (χ1n) is 11.8. The minimum atomic E-state index is -0.0886. The normalized spacial score (nSPS) is 15.1. The van der Waals surface area contributed by atoms with Crippen LogP contribution >= 0.6 is 0 Å². The molecule has 0 spiro atoms. The average Bonchev–Trinajstić information content (AvgIpc) is 2.86. The van der Waals surface area contributed by atoms with Gasteiger partial charge in [0.25, 0.3) is 0 Å². The Morgan fingerprint density at radius 2 is 1.27 bits per heavy atom. The van der Waals surface area contributed by atoms with Crippen molar-refractivity contribution in [2.45, 2.75) is 19.3 Å². The largest absolute Gasteiger partial charge is 0.310 e. The summed E-state index contributed by atoms with van der Waals surface area (Å²) >= 11 is 0. The van der Waals surface area contributed by atoms with Crippen LogP contribution in [0.4, 0.5) is 17.1 Å². The Balaban J connectivity index is 1.65. The van der Waals surface area contributed by atoms with Gasteiger partial charge in [-0.05, 0) is 33.5 Å². The number of anilines is 3. The molecule has 5 aromatic rings. The maximum Gasteiger partial charge on any atom is 0.246 e. The van der Waals surface area contributed by atoms with Crippen molar-refractivity contribution in [2.24, 2.45) is 0 Å². The molecular formula is C31H24BN. The Hall–Kier alpha value is -3.78. The Morgan fingerprint density at radius 3 is 2.15 bits per heavy atom. The summed E-state index contributed by atoms with van der Waals surface area (Å²) in [6.07, 6.45) is 0. The highest BCUT2D eigenvalue weighted by atomic mass is 15.2. The van der Waals surface area contributed by atoms with Gasteiger partial charge in [0.15, 0.2) is 0 Å². The van der Waals surface area contributed by atoms with Crippen molar-refractivity contribution in [3.63, 3.8) is 0 Å². The van der Waals surface area contributed by atoms with E-state index in [1.165, 1.54) is 55.3 Å². The number of hydrogen-bond acceptors (Lipinski definition) is 1. The summed E-state index contributed by atoms with van der Waals surface area (Å²) in [7, 11) is 0. The predicted octanol–water partition coefficient (Wildman–Crippen LogP) is 5.78. The minimum absolute atomic E-state index is 0.0886. The molecule has 0 saturated heterocycles. The molecule has 2 heteroatoms. The lowest BCUT2D eigenvalue weighted by molar-refractivity contribution is 0.634. The van der Waals surface area contributed by atoms with Crippen molar-refractivity contribution in [2.75, 3.05) is 4.90 Å². The molecular weight excluding hydrogens is 397 g/mol. The molecule has 156 valence electrons. The molecule has 2 aliphatic rings. The molecule has 5 aromatic carbocycles. The van der Waals surface area contributed by atoms with Crippen LogP contribution in [0.3, 0.4) is 0 Å². The van der Waals surface area contributed by atoms with Crippen LogP contribution in [0.15, 0.2) is 109 Å². The van der Waals surface area contributed by atoms with Crippen LogP contribution < -0.4 is 21.3 Å². The van der Waals surface area contributed by atoms with Gasteiger partial charge < -0.3 is 4.90 Å². The lowest BCUT2D eigenvalue weighted by atomic mass is 9.34. The molecule has 0 aliphatic carbocycles. The summed E-state index contributed by atoms with van der Waals surface area (Å²) in [6.45, 7) is 4.98. The van der Waals surface area contributed by atoms with E-state index in [4.69, 9.17) is 0 Å². The van der Waals surface area contributed by atoms with Gasteiger partial charge in [0.05, 0.1) is 5.69 Å². The van der Waals surface area contributed by atoms with Crippen LogP contribution in [-0.2, 0) is 5.41 Å². The Labute approximate surface area is 195 Å². The van der Waals surface area contributed by atoms with Crippen molar-refractivity contribution >= 4 is 50.9 Å². The minimum Gasteiger partial charge on any atom is -0.310 e. The summed E-state index contributed by atoms with van der Waals surface area (Å²) in [6, 6.07) is 40.3. The molecule has 0 unspecified atom stereocenters. The highest BCUT2D eigenvalue weighted by Gasteiger charge is 2.44. The Kier molecular flexibility index (Phi) is 3.76. The van der Waals surface area contributed by atoms with E-state index < -0.39 is 0 Å². The van der Waals surface area contributed by atoms with E-state index in [-0.39, 0.29) is 12.1 Å². The number of para-hydroxylation sites is 2. The van der Waals surface area contributed by atoms with Gasteiger partial charge in [-0.25, -0.2) is 0 Å². The molecule has 0 N–H and O–H groups in total. The molecule has 0 atom stereocenters. The second kappa shape index (κ2) is 6.62. The van der Waals surface area contributed by atoms with E-state index in [2.05, 4.69) is 128 Å². The zero-order chi connectivity index (χ0) is 22.2. The summed E-state index contributed by atoms with van der Waals surface area (Å²) in [5.41, 5.74) is 10.8. The standard InChI is InChI=1S/C31H24BN/c1-31(2)24-15-10-17-27-30(24)33(29-23-14-7-6-11-21(23)19-20-25(29)31)28-18-9-8-16-26(28)32(27)22-12-4-3-5-13-22/h3-20H,1-2H3. The number of benzene rings is 5. The maximum absolute atomic E-state index is 2.56. The van der Waals surface area contributed by atoms with Crippen molar-refractivity contribution in [1.29, 1.82) is 0 Å². The van der Waals surface area contributed by atoms with Crippen LogP contribution in [-0.4, -0.2) is 6.71 Å². The van der Waals surface area contributed by atoms with E-state index in [0.29, 0.717) is 0 Å². The van der Waals surface area contributed by atoms with E-state index in [1.54, 1.807) is 0 Å². The van der Waals surface area contributed by atoms with Gasteiger partial charge in [0.1, 0.15) is 0 Å². The van der Waals surface area contributed by atoms with Crippen molar-refractivity contribution in [1.82, 2.24) is 0 Å². The van der Waals surface area contributed by atoms with Gasteiger partial charge in [-0.15, -0.1) is 0 Å². The van der Waals surface area contributed by atoms with Crippen LogP contribution in [0.2, 0.25) is 0 Å². The quantitative estimate of drug-likeness (QED) is 0.304. The van der Waals surface area contributed by atoms with Gasteiger partial charge >= 0.3 is 0 Å². The third-order valence-electron chi connectivity index (χ3n) is 7.69. The van der Waals surface area contributed by atoms with Crippen molar-refractivity contribution < 1.29 is 0 Å². The van der Waals surface area contributed by atoms with E-state index in [0.717, 1.165) is 0 Å². The summed E-state index contributed by atoms with van der Waals surface area (Å²) in [5.74, 6) is 0. The first kappa shape index (κ1) is 18.8. The zero-order valence-corrected chi connectivity index (χ0v) is 18.9. The van der Waals surface area contributed by atoms with E-state index >= 15 is 0 Å². The molecule has 0 aromatic heterocycles. The van der Waals surface area contributed by atoms with E-state index in [1.807, 2.05) is 0 Å². The Morgan fingerprint density at radius 1 is 0.576 bits per heavy atom. The number of rotatable bonds is 1. The molecule has 0 fully saturated rings. The SMILES string of the molecule is CC1(C)c2cccc3c2N(c2ccccc2B3c2ccccc2)c2c1ccc1ccccc21. The van der Waals surface area contributed by atoms with Crippen LogP contribution in [0, 0.1) is 0 Å². The van der Waals surface area contributed by atoms with Gasteiger partial charge in [0.2, 0.25) is 6.71 Å². The monoisotopic (exact) mass is 421 g/mol. The average molecular weight is 421 g/mol. The lowest BCUT2D eigenvalue weighted by Gasteiger charge is -2.47. The van der Waals surface area contributed by atoms with Crippen molar-refractivity contribution in [3.8, 4) is 0 Å². The molecule has 0 radical (unpaired) electrons. The second-order valence-corrected chi connectivity index (χ2v) is 9.79. The summed E-state index contributed by atoms with van der Waals surface area (Å²) in [5, 5.41) is 2.60. The first-order chi connectivity index (χ1) is 16.2. The molecule has 0 bridgehead atoms.